The number of carbonyl (C=O) groups is 1. The van der Waals surface area contributed by atoms with Crippen LogP contribution in [-0.4, -0.2) is 42.9 Å². The summed E-state index contributed by atoms with van der Waals surface area (Å²) < 4.78 is 32.2. The first kappa shape index (κ1) is 23.8. The Morgan fingerprint density at radius 1 is 1.12 bits per heavy atom. The molecule has 0 aliphatic heterocycles. The van der Waals surface area contributed by atoms with E-state index >= 15 is 0 Å². The van der Waals surface area contributed by atoms with E-state index in [0.717, 1.165) is 0 Å². The van der Waals surface area contributed by atoms with Gasteiger partial charge in [0.15, 0.2) is 0 Å². The molecule has 1 heterocycles. The van der Waals surface area contributed by atoms with Crippen molar-refractivity contribution in [3.05, 3.63) is 82.1 Å². The average molecular weight is 471 g/mol. The zero-order valence-electron chi connectivity index (χ0n) is 18.0. The average Bonchev–Trinajstić information content (AvgIpc) is 3.29. The molecule has 11 heteroatoms. The number of nitrogens with one attached hydrogen (secondary N) is 1. The Bertz CT molecular complexity index is 1300. The largest absolute Gasteiger partial charge is 0.455 e. The lowest BCUT2D eigenvalue weighted by Gasteiger charge is -2.18. The molecule has 0 unspecified atom stereocenters. The number of amides is 1. The zero-order chi connectivity index (χ0) is 24.0. The number of hydrogen-bond acceptors (Lipinski definition) is 7. The summed E-state index contributed by atoms with van der Waals surface area (Å²) in [7, 11) is -3.70. The summed E-state index contributed by atoms with van der Waals surface area (Å²) in [5.41, 5.74) is 2.93. The molecule has 0 aliphatic carbocycles. The monoisotopic (exact) mass is 470 g/mol. The van der Waals surface area contributed by atoms with E-state index < -0.39 is 20.9 Å². The first-order chi connectivity index (χ1) is 15.8. The Labute approximate surface area is 190 Å². The van der Waals surface area contributed by atoms with Gasteiger partial charge in [-0.25, -0.2) is 13.8 Å². The highest BCUT2D eigenvalue weighted by molar-refractivity contribution is 7.89. The number of rotatable bonds is 9. The molecule has 33 heavy (non-hydrogen) atoms. The normalized spacial score (nSPS) is 11.7. The van der Waals surface area contributed by atoms with Crippen LogP contribution in [0.25, 0.3) is 11.3 Å². The van der Waals surface area contributed by atoms with Gasteiger partial charge in [-0.2, -0.15) is 9.41 Å². The van der Waals surface area contributed by atoms with Crippen LogP contribution in [0.4, 0.5) is 5.69 Å². The Kier molecular flexibility index (Phi) is 7.36. The van der Waals surface area contributed by atoms with Crippen LogP contribution in [0.15, 0.2) is 75.1 Å². The predicted octanol–water partition coefficient (Wildman–Crippen LogP) is 3.65. The van der Waals surface area contributed by atoms with Crippen LogP contribution in [0.2, 0.25) is 0 Å². The van der Waals surface area contributed by atoms with Crippen molar-refractivity contribution in [1.29, 1.82) is 0 Å². The molecule has 3 rings (SSSR count). The van der Waals surface area contributed by atoms with Gasteiger partial charge in [0, 0.05) is 36.3 Å². The number of nitro groups is 1. The standard InChI is InChI=1S/C22H22N4O6S/c1-3-25(4-2)33(30,31)20-10-6-8-17(14-20)22(27)24-23-15-19-11-12-21(32-19)16-7-5-9-18(13-16)26(28)29/h5-15H,3-4H2,1-2H3,(H,24,27)/b23-15+. The first-order valence-electron chi connectivity index (χ1n) is 10.0. The van der Waals surface area contributed by atoms with Crippen molar-refractivity contribution in [2.75, 3.05) is 13.1 Å². The second-order valence-electron chi connectivity index (χ2n) is 6.83. The summed E-state index contributed by atoms with van der Waals surface area (Å²) >= 11 is 0. The van der Waals surface area contributed by atoms with E-state index in [2.05, 4.69) is 10.5 Å². The second kappa shape index (κ2) is 10.2. The van der Waals surface area contributed by atoms with E-state index in [1.807, 2.05) is 0 Å². The van der Waals surface area contributed by atoms with Crippen LogP contribution >= 0.6 is 0 Å². The zero-order valence-corrected chi connectivity index (χ0v) is 18.8. The maximum atomic E-state index is 12.7. The lowest BCUT2D eigenvalue weighted by Crippen LogP contribution is -2.30. The molecular weight excluding hydrogens is 448 g/mol. The summed E-state index contributed by atoms with van der Waals surface area (Å²) in [5, 5.41) is 14.8. The molecule has 0 saturated heterocycles. The quantitative estimate of drug-likeness (QED) is 0.288. The second-order valence-corrected chi connectivity index (χ2v) is 8.76. The van der Waals surface area contributed by atoms with E-state index in [-0.39, 0.29) is 16.1 Å². The van der Waals surface area contributed by atoms with E-state index in [9.17, 15) is 23.3 Å². The first-order valence-corrected chi connectivity index (χ1v) is 11.5. The van der Waals surface area contributed by atoms with Crippen LogP contribution in [-0.2, 0) is 10.0 Å². The molecule has 1 aromatic heterocycles. The van der Waals surface area contributed by atoms with Crippen molar-refractivity contribution in [3.63, 3.8) is 0 Å². The van der Waals surface area contributed by atoms with Gasteiger partial charge in [0.25, 0.3) is 11.6 Å². The third-order valence-corrected chi connectivity index (χ3v) is 6.81. The Morgan fingerprint density at radius 3 is 2.55 bits per heavy atom. The topological polar surface area (TPSA) is 135 Å². The molecule has 1 N–H and O–H groups in total. The van der Waals surface area contributed by atoms with Crippen LogP contribution in [0.5, 0.6) is 0 Å². The molecule has 1 amide bonds. The van der Waals surface area contributed by atoms with Gasteiger partial charge in [-0.1, -0.05) is 32.0 Å². The number of nitro benzene ring substituents is 1. The van der Waals surface area contributed by atoms with Crippen LogP contribution in [0.3, 0.4) is 0 Å². The molecule has 0 spiro atoms. The van der Waals surface area contributed by atoms with E-state index in [1.54, 1.807) is 38.1 Å². The molecule has 3 aromatic rings. The number of carbonyl (C=O) groups excluding carboxylic acids is 1. The van der Waals surface area contributed by atoms with Gasteiger partial charge in [-0.05, 0) is 30.3 Å². The fraction of sp³-hybridized carbons (Fsp3) is 0.182. The van der Waals surface area contributed by atoms with E-state index in [1.165, 1.54) is 46.9 Å². The number of benzene rings is 2. The van der Waals surface area contributed by atoms with Crippen LogP contribution in [0.1, 0.15) is 30.0 Å². The lowest BCUT2D eigenvalue weighted by atomic mass is 10.1. The van der Waals surface area contributed by atoms with E-state index in [4.69, 9.17) is 4.42 Å². The lowest BCUT2D eigenvalue weighted by molar-refractivity contribution is -0.384. The summed E-state index contributed by atoms with van der Waals surface area (Å²) in [6.45, 7) is 4.12. The molecule has 0 saturated carbocycles. The minimum atomic E-state index is -3.70. The maximum Gasteiger partial charge on any atom is 0.271 e. The molecule has 0 bridgehead atoms. The van der Waals surface area contributed by atoms with Crippen molar-refractivity contribution < 1.29 is 22.6 Å². The number of hydrazone groups is 1. The Hall–Kier alpha value is -3.83. The number of nitrogens with zero attached hydrogens (tertiary/aromatic N) is 3. The van der Waals surface area contributed by atoms with Crippen LogP contribution in [0, 0.1) is 10.1 Å². The highest BCUT2D eigenvalue weighted by Crippen LogP contribution is 2.25. The molecule has 0 fully saturated rings. The molecule has 0 atom stereocenters. The minimum absolute atomic E-state index is 0.0236. The van der Waals surface area contributed by atoms with Gasteiger partial charge < -0.3 is 4.42 Å². The smallest absolute Gasteiger partial charge is 0.271 e. The molecule has 0 aliphatic rings. The summed E-state index contributed by atoms with van der Waals surface area (Å²) in [4.78, 5) is 22.9. The predicted molar refractivity (Wildman–Crippen MR) is 122 cm³/mol. The molecule has 10 nitrogen and oxygen atoms in total. The van der Waals surface area contributed by atoms with Gasteiger partial charge >= 0.3 is 0 Å². The van der Waals surface area contributed by atoms with Crippen molar-refractivity contribution in [1.82, 2.24) is 9.73 Å². The highest BCUT2D eigenvalue weighted by Gasteiger charge is 2.22. The van der Waals surface area contributed by atoms with Crippen molar-refractivity contribution in [2.24, 2.45) is 5.10 Å². The third-order valence-electron chi connectivity index (χ3n) is 4.77. The Balaban J connectivity index is 1.70. The fourth-order valence-electron chi connectivity index (χ4n) is 3.08. The number of non-ortho nitro benzene ring substituents is 1. The van der Waals surface area contributed by atoms with Gasteiger partial charge in [0.2, 0.25) is 10.0 Å². The highest BCUT2D eigenvalue weighted by atomic mass is 32.2. The minimum Gasteiger partial charge on any atom is -0.455 e. The van der Waals surface area contributed by atoms with Crippen molar-refractivity contribution >= 4 is 27.8 Å². The third kappa shape index (κ3) is 5.51. The van der Waals surface area contributed by atoms with Crippen molar-refractivity contribution in [3.8, 4) is 11.3 Å². The Morgan fingerprint density at radius 2 is 1.85 bits per heavy atom. The van der Waals surface area contributed by atoms with Gasteiger partial charge in [-0.3, -0.25) is 14.9 Å². The van der Waals surface area contributed by atoms with Gasteiger partial charge in [0.1, 0.15) is 11.5 Å². The van der Waals surface area contributed by atoms with Gasteiger partial charge in [-0.15, -0.1) is 0 Å². The molecule has 172 valence electrons. The number of furan rings is 1. The molecular formula is C22H22N4O6S. The van der Waals surface area contributed by atoms with E-state index in [0.29, 0.717) is 30.2 Å². The summed E-state index contributed by atoms with van der Waals surface area (Å²) in [6.07, 6.45) is 1.27. The summed E-state index contributed by atoms with van der Waals surface area (Å²) in [5.74, 6) is 0.128. The van der Waals surface area contributed by atoms with Crippen LogP contribution < -0.4 is 5.43 Å². The molecule has 2 aromatic carbocycles. The number of sulfonamides is 1. The molecule has 0 radical (unpaired) electrons. The SMILES string of the molecule is CCN(CC)S(=O)(=O)c1cccc(C(=O)N/N=C/c2ccc(-c3cccc([N+](=O)[O-])c3)o2)c1. The number of hydrogen-bond donors (Lipinski definition) is 1. The maximum absolute atomic E-state index is 12.7. The summed E-state index contributed by atoms with van der Waals surface area (Å²) in [6, 6.07) is 14.9. The fourth-order valence-corrected chi connectivity index (χ4v) is 4.58. The van der Waals surface area contributed by atoms with Crippen molar-refractivity contribution in [2.45, 2.75) is 18.7 Å². The van der Waals surface area contributed by atoms with Gasteiger partial charge in [0.05, 0.1) is 16.0 Å².